The molecule has 1 aromatic rings. The van der Waals surface area contributed by atoms with Crippen LogP contribution < -0.4 is 5.30 Å². The van der Waals surface area contributed by atoms with Gasteiger partial charge in [-0.15, -0.1) is 11.8 Å². The van der Waals surface area contributed by atoms with E-state index < -0.39 is 13.0 Å². The summed E-state index contributed by atoms with van der Waals surface area (Å²) in [5.41, 5.74) is 0.703. The minimum atomic E-state index is -2.55. The Morgan fingerprint density at radius 1 is 1.44 bits per heavy atom. The van der Waals surface area contributed by atoms with Gasteiger partial charge in [-0.05, 0) is 31.2 Å². The van der Waals surface area contributed by atoms with E-state index in [0.29, 0.717) is 0 Å². The van der Waals surface area contributed by atoms with Crippen LogP contribution in [0.3, 0.4) is 0 Å². The summed E-state index contributed by atoms with van der Waals surface area (Å²) in [6.07, 6.45) is 0. The molecule has 0 aliphatic carbocycles. The maximum Gasteiger partial charge on any atom is 0.282 e. The van der Waals surface area contributed by atoms with Crippen molar-refractivity contribution in [2.45, 2.75) is 25.7 Å². The van der Waals surface area contributed by atoms with Crippen molar-refractivity contribution in [3.8, 4) is 0 Å². The normalized spacial score (nSPS) is 12.4. The Kier molecular flexibility index (Phi) is 5.85. The van der Waals surface area contributed by atoms with Gasteiger partial charge >= 0.3 is 0 Å². The number of nitrogens with zero attached hydrogens (tertiary/aromatic N) is 1. The van der Waals surface area contributed by atoms with E-state index in [0.717, 1.165) is 16.2 Å². The van der Waals surface area contributed by atoms with Gasteiger partial charge in [0.1, 0.15) is 5.30 Å². The van der Waals surface area contributed by atoms with Gasteiger partial charge in [-0.1, -0.05) is 6.92 Å². The third kappa shape index (κ3) is 3.57. The summed E-state index contributed by atoms with van der Waals surface area (Å²) >= 11 is 1.57. The second kappa shape index (κ2) is 6.92. The summed E-state index contributed by atoms with van der Waals surface area (Å²) in [5.74, 6) is 0.855. The first kappa shape index (κ1) is 15.2. The van der Waals surface area contributed by atoms with E-state index in [-0.39, 0.29) is 17.6 Å². The van der Waals surface area contributed by atoms with Crippen molar-refractivity contribution in [2.24, 2.45) is 0 Å². The molecule has 18 heavy (non-hydrogen) atoms. The largest absolute Gasteiger partial charge is 0.327 e. The second-order valence-corrected chi connectivity index (χ2v) is 6.25. The van der Waals surface area contributed by atoms with Crippen LogP contribution in [0.5, 0.6) is 0 Å². The van der Waals surface area contributed by atoms with Gasteiger partial charge in [0.25, 0.3) is 5.69 Å². The highest BCUT2D eigenvalue weighted by molar-refractivity contribution is 7.99. The average molecular weight is 289 g/mol. The molecule has 0 aliphatic heterocycles. The van der Waals surface area contributed by atoms with Crippen molar-refractivity contribution in [2.75, 3.05) is 12.4 Å². The molecule has 0 saturated carbocycles. The van der Waals surface area contributed by atoms with Gasteiger partial charge in [-0.25, -0.2) is 0 Å². The van der Waals surface area contributed by atoms with Crippen LogP contribution in [0.25, 0.3) is 0 Å². The summed E-state index contributed by atoms with van der Waals surface area (Å²) in [7, 11) is -2.55. The van der Waals surface area contributed by atoms with Crippen LogP contribution in [0.1, 0.15) is 19.4 Å². The Bertz CT molecular complexity index is 478. The third-order valence-electron chi connectivity index (χ3n) is 2.29. The lowest BCUT2D eigenvalue weighted by Crippen LogP contribution is -2.08. The Morgan fingerprint density at radius 2 is 2.11 bits per heavy atom. The van der Waals surface area contributed by atoms with Gasteiger partial charge in [-0.3, -0.25) is 14.7 Å². The number of benzene rings is 1. The van der Waals surface area contributed by atoms with Gasteiger partial charge < -0.3 is 4.52 Å². The Labute approximate surface area is 111 Å². The molecule has 1 aromatic carbocycles. The van der Waals surface area contributed by atoms with Crippen LogP contribution in [-0.4, -0.2) is 17.3 Å². The van der Waals surface area contributed by atoms with E-state index in [1.807, 2.05) is 13.8 Å². The molecule has 0 saturated heterocycles. The number of nitro benzene ring substituents is 1. The molecule has 0 aliphatic rings. The minimum Gasteiger partial charge on any atom is -0.327 e. The van der Waals surface area contributed by atoms with Crippen molar-refractivity contribution >= 4 is 30.8 Å². The van der Waals surface area contributed by atoms with Crippen LogP contribution in [0.2, 0.25) is 0 Å². The lowest BCUT2D eigenvalue weighted by molar-refractivity contribution is -0.383. The molecule has 0 radical (unpaired) electrons. The average Bonchev–Trinajstić information content (AvgIpc) is 2.31. The SMILES string of the molecule is CCO[PH](=O)c1cc(SCC)c(C)cc1[N+](=O)[O-]. The second-order valence-electron chi connectivity index (χ2n) is 3.55. The molecule has 0 amide bonds. The Morgan fingerprint density at radius 3 is 2.61 bits per heavy atom. The van der Waals surface area contributed by atoms with Gasteiger partial charge in [-0.2, -0.15) is 0 Å². The molecule has 100 valence electrons. The standard InChI is InChI=1S/C11H16NO4PS/c1-4-16-17(15)10-7-11(18-5-2)8(3)6-9(10)12(13)14/h6-7,17H,4-5H2,1-3H3. The summed E-state index contributed by atoms with van der Waals surface area (Å²) in [5, 5.41) is 11.2. The first-order valence-electron chi connectivity index (χ1n) is 5.60. The molecule has 7 heteroatoms. The van der Waals surface area contributed by atoms with Crippen LogP contribution in [0.4, 0.5) is 5.69 Å². The number of nitro groups is 1. The third-order valence-corrected chi connectivity index (χ3v) is 4.72. The molecule has 0 bridgehead atoms. The molecule has 0 heterocycles. The molecule has 1 unspecified atom stereocenters. The van der Waals surface area contributed by atoms with Crippen LogP contribution in [0, 0.1) is 17.0 Å². The monoisotopic (exact) mass is 289 g/mol. The van der Waals surface area contributed by atoms with Crippen molar-refractivity contribution in [3.63, 3.8) is 0 Å². The molecule has 0 spiro atoms. The smallest absolute Gasteiger partial charge is 0.282 e. The van der Waals surface area contributed by atoms with Gasteiger partial charge in [0, 0.05) is 11.0 Å². The zero-order valence-corrected chi connectivity index (χ0v) is 12.4. The first-order chi connectivity index (χ1) is 8.51. The molecule has 0 aromatic heterocycles. The summed E-state index contributed by atoms with van der Waals surface area (Å²) in [4.78, 5) is 11.4. The lowest BCUT2D eigenvalue weighted by Gasteiger charge is -2.08. The quantitative estimate of drug-likeness (QED) is 0.348. The van der Waals surface area contributed by atoms with E-state index in [1.165, 1.54) is 6.07 Å². The summed E-state index contributed by atoms with van der Waals surface area (Å²) in [6, 6.07) is 3.09. The summed E-state index contributed by atoms with van der Waals surface area (Å²) < 4.78 is 16.9. The van der Waals surface area contributed by atoms with Crippen molar-refractivity contribution in [1.29, 1.82) is 0 Å². The molecular formula is C11H16NO4PS. The fourth-order valence-electron chi connectivity index (χ4n) is 1.51. The predicted molar refractivity (Wildman–Crippen MR) is 74.5 cm³/mol. The zero-order chi connectivity index (χ0) is 13.7. The fraction of sp³-hybridized carbons (Fsp3) is 0.455. The number of hydrogen-bond donors (Lipinski definition) is 0. The lowest BCUT2D eigenvalue weighted by atomic mass is 10.2. The predicted octanol–water partition coefficient (Wildman–Crippen LogP) is 3.15. The van der Waals surface area contributed by atoms with E-state index in [2.05, 4.69) is 0 Å². The van der Waals surface area contributed by atoms with E-state index in [9.17, 15) is 14.7 Å². The topological polar surface area (TPSA) is 69.4 Å². The van der Waals surface area contributed by atoms with E-state index in [4.69, 9.17) is 4.52 Å². The van der Waals surface area contributed by atoms with E-state index in [1.54, 1.807) is 24.8 Å². The van der Waals surface area contributed by atoms with Gasteiger partial charge in [0.15, 0.2) is 0 Å². The van der Waals surface area contributed by atoms with Gasteiger partial charge in [0.2, 0.25) is 8.03 Å². The molecule has 0 N–H and O–H groups in total. The summed E-state index contributed by atoms with van der Waals surface area (Å²) in [6.45, 7) is 5.80. The number of aryl methyl sites for hydroxylation is 1. The molecule has 1 atom stereocenters. The number of rotatable bonds is 6. The van der Waals surface area contributed by atoms with Gasteiger partial charge in [0.05, 0.1) is 11.5 Å². The molecule has 5 nitrogen and oxygen atoms in total. The molecule has 0 fully saturated rings. The highest BCUT2D eigenvalue weighted by Crippen LogP contribution is 2.32. The first-order valence-corrected chi connectivity index (χ1v) is 7.90. The zero-order valence-electron chi connectivity index (χ0n) is 10.6. The maximum atomic E-state index is 11.9. The number of hydrogen-bond acceptors (Lipinski definition) is 5. The minimum absolute atomic E-state index is 0.120. The number of thioether (sulfide) groups is 1. The van der Waals surface area contributed by atoms with Crippen molar-refractivity contribution in [3.05, 3.63) is 27.8 Å². The van der Waals surface area contributed by atoms with Crippen molar-refractivity contribution < 1.29 is 14.0 Å². The van der Waals surface area contributed by atoms with Crippen LogP contribution in [0.15, 0.2) is 17.0 Å². The van der Waals surface area contributed by atoms with Crippen LogP contribution in [-0.2, 0) is 9.09 Å². The Hall–Kier alpha value is -0.840. The fourth-order valence-corrected chi connectivity index (χ4v) is 3.46. The van der Waals surface area contributed by atoms with Crippen molar-refractivity contribution in [1.82, 2.24) is 0 Å². The molecular weight excluding hydrogens is 273 g/mol. The maximum absolute atomic E-state index is 11.9. The highest BCUT2D eigenvalue weighted by Gasteiger charge is 2.21. The Balaban J connectivity index is 3.30. The molecule has 1 rings (SSSR count). The van der Waals surface area contributed by atoms with Crippen LogP contribution >= 0.6 is 19.8 Å². The van der Waals surface area contributed by atoms with E-state index >= 15 is 0 Å². The highest BCUT2D eigenvalue weighted by atomic mass is 32.2.